The van der Waals surface area contributed by atoms with Gasteiger partial charge in [-0.15, -0.1) is 5.11 Å². The summed E-state index contributed by atoms with van der Waals surface area (Å²) in [4.78, 5) is 16.6. The van der Waals surface area contributed by atoms with Crippen LogP contribution in [0.3, 0.4) is 0 Å². The van der Waals surface area contributed by atoms with Crippen molar-refractivity contribution in [2.24, 2.45) is 5.11 Å². The fourth-order valence-electron chi connectivity index (χ4n) is 2.90. The van der Waals surface area contributed by atoms with E-state index < -0.39 is 11.6 Å². The van der Waals surface area contributed by atoms with Gasteiger partial charge in [0.25, 0.3) is 0 Å². The topological polar surface area (TPSA) is 120 Å². The normalized spacial score (nSPS) is 10.6. The second kappa shape index (κ2) is 8.57. The van der Waals surface area contributed by atoms with Gasteiger partial charge in [-0.2, -0.15) is 0 Å². The lowest BCUT2D eigenvalue weighted by Gasteiger charge is -2.10. The van der Waals surface area contributed by atoms with Gasteiger partial charge in [0, 0.05) is 23.7 Å². The van der Waals surface area contributed by atoms with Crippen LogP contribution in [0.15, 0.2) is 66.2 Å². The minimum absolute atomic E-state index is 0.0233. The molecule has 2 heterocycles. The first kappa shape index (κ1) is 20.0. The van der Waals surface area contributed by atoms with Crippen LogP contribution in [0.25, 0.3) is 22.6 Å². The Morgan fingerprint density at radius 2 is 1.68 bits per heavy atom. The van der Waals surface area contributed by atoms with Gasteiger partial charge in [0.1, 0.15) is 11.6 Å². The minimum Gasteiger partial charge on any atom is -0.505 e. The molecule has 0 aliphatic rings. The highest BCUT2D eigenvalue weighted by Crippen LogP contribution is 2.26. The summed E-state index contributed by atoms with van der Waals surface area (Å²) in [7, 11) is 0. The maximum atomic E-state index is 13.6. The largest absolute Gasteiger partial charge is 0.505 e. The number of hydrogen-bond donors (Lipinski definition) is 3. The molecule has 0 radical (unpaired) electrons. The zero-order valence-corrected chi connectivity index (χ0v) is 15.9. The molecule has 8 nitrogen and oxygen atoms in total. The quantitative estimate of drug-likeness (QED) is 0.384. The van der Waals surface area contributed by atoms with Gasteiger partial charge >= 0.3 is 0 Å². The summed E-state index contributed by atoms with van der Waals surface area (Å²) < 4.78 is 27.1. The van der Waals surface area contributed by atoms with Crippen molar-refractivity contribution in [1.29, 1.82) is 5.53 Å². The van der Waals surface area contributed by atoms with Crippen molar-refractivity contribution in [3.8, 4) is 28.4 Å². The smallest absolute Gasteiger partial charge is 0.216 e. The van der Waals surface area contributed by atoms with E-state index in [1.54, 1.807) is 0 Å². The van der Waals surface area contributed by atoms with E-state index in [4.69, 9.17) is 5.53 Å². The predicted octanol–water partition coefficient (Wildman–Crippen LogP) is 4.86. The lowest BCUT2D eigenvalue weighted by molar-refractivity contribution is 0.470. The fourth-order valence-corrected chi connectivity index (χ4v) is 2.90. The molecule has 10 heteroatoms. The van der Waals surface area contributed by atoms with Crippen LogP contribution < -0.4 is 5.32 Å². The highest BCUT2D eigenvalue weighted by molar-refractivity contribution is 5.65. The molecule has 3 N–H and O–H groups in total. The maximum absolute atomic E-state index is 13.6. The molecule has 0 spiro atoms. The third kappa shape index (κ3) is 4.64. The van der Waals surface area contributed by atoms with Crippen LogP contribution in [0.1, 0.15) is 5.56 Å². The Bertz CT molecular complexity index is 1230. The van der Waals surface area contributed by atoms with Crippen molar-refractivity contribution in [3.05, 3.63) is 78.3 Å². The van der Waals surface area contributed by atoms with Gasteiger partial charge in [-0.05, 0) is 23.8 Å². The number of hydrogen-bond acceptors (Lipinski definition) is 8. The second-order valence-corrected chi connectivity index (χ2v) is 6.52. The molecular formula is C21H15F2N7O. The second-order valence-electron chi connectivity index (χ2n) is 6.52. The fraction of sp³-hybridized carbons (Fsp3) is 0.0476. The number of nitrogens with one attached hydrogen (secondary N) is 2. The molecule has 154 valence electrons. The predicted molar refractivity (Wildman–Crippen MR) is 109 cm³/mol. The molecule has 0 aliphatic heterocycles. The third-order valence-electron chi connectivity index (χ3n) is 4.30. The number of benzene rings is 2. The lowest BCUT2D eigenvalue weighted by atomic mass is 10.1. The van der Waals surface area contributed by atoms with Crippen molar-refractivity contribution in [2.45, 2.75) is 6.54 Å². The third-order valence-corrected chi connectivity index (χ3v) is 4.30. The first-order valence-electron chi connectivity index (χ1n) is 9.07. The number of nitrogens with zero attached hydrogens (tertiary/aromatic N) is 5. The molecule has 0 saturated carbocycles. The van der Waals surface area contributed by atoms with Crippen LogP contribution in [0.2, 0.25) is 0 Å². The highest BCUT2D eigenvalue weighted by atomic mass is 19.1. The number of aromatic nitrogens is 4. The molecule has 31 heavy (non-hydrogen) atoms. The van der Waals surface area contributed by atoms with E-state index in [2.05, 4.69) is 30.4 Å². The van der Waals surface area contributed by atoms with E-state index >= 15 is 0 Å². The van der Waals surface area contributed by atoms with E-state index in [1.165, 1.54) is 18.6 Å². The molecule has 0 atom stereocenters. The van der Waals surface area contributed by atoms with Gasteiger partial charge in [-0.3, -0.25) is 0 Å². The van der Waals surface area contributed by atoms with Crippen LogP contribution in [0, 0.1) is 17.2 Å². The van der Waals surface area contributed by atoms with Gasteiger partial charge in [-0.1, -0.05) is 18.2 Å². The Hall–Kier alpha value is -4.34. The molecular weight excluding hydrogens is 404 g/mol. The molecule has 4 rings (SSSR count). The van der Waals surface area contributed by atoms with Gasteiger partial charge in [0.2, 0.25) is 5.82 Å². The van der Waals surface area contributed by atoms with E-state index in [9.17, 15) is 13.9 Å². The van der Waals surface area contributed by atoms with E-state index in [0.717, 1.165) is 29.3 Å². The molecule has 0 unspecified atom stereocenters. The Kier molecular flexibility index (Phi) is 5.52. The Labute approximate surface area is 175 Å². The van der Waals surface area contributed by atoms with Crippen LogP contribution in [-0.2, 0) is 6.54 Å². The van der Waals surface area contributed by atoms with E-state index in [0.29, 0.717) is 12.4 Å². The Morgan fingerprint density at radius 1 is 0.935 bits per heavy atom. The van der Waals surface area contributed by atoms with Crippen LogP contribution in [0.4, 0.5) is 20.4 Å². The van der Waals surface area contributed by atoms with Crippen LogP contribution >= 0.6 is 0 Å². The van der Waals surface area contributed by atoms with E-state index in [1.807, 2.05) is 24.3 Å². The summed E-state index contributed by atoms with van der Waals surface area (Å²) in [6, 6.07) is 10.5. The Balaban J connectivity index is 1.58. The molecule has 2 aromatic heterocycles. The summed E-state index contributed by atoms with van der Waals surface area (Å²) >= 11 is 0. The highest BCUT2D eigenvalue weighted by Gasteiger charge is 2.11. The van der Waals surface area contributed by atoms with Gasteiger partial charge < -0.3 is 10.4 Å². The van der Waals surface area contributed by atoms with Crippen LogP contribution in [-0.4, -0.2) is 25.0 Å². The van der Waals surface area contributed by atoms with Crippen molar-refractivity contribution in [3.63, 3.8) is 0 Å². The molecule has 2 aromatic carbocycles. The minimum atomic E-state index is -0.728. The van der Waals surface area contributed by atoms with Crippen molar-refractivity contribution in [2.75, 3.05) is 5.32 Å². The average molecular weight is 419 g/mol. The zero-order chi connectivity index (χ0) is 21.8. The van der Waals surface area contributed by atoms with Crippen LogP contribution in [0.5, 0.6) is 5.75 Å². The van der Waals surface area contributed by atoms with Gasteiger partial charge in [-0.25, -0.2) is 34.2 Å². The van der Waals surface area contributed by atoms with Crippen molar-refractivity contribution < 1.29 is 13.9 Å². The molecule has 0 bridgehead atoms. The number of anilines is 1. The van der Waals surface area contributed by atoms with E-state index in [-0.39, 0.29) is 28.6 Å². The molecule has 0 amide bonds. The molecule has 0 saturated heterocycles. The zero-order valence-electron chi connectivity index (χ0n) is 15.9. The van der Waals surface area contributed by atoms with Crippen molar-refractivity contribution in [1.82, 2.24) is 19.9 Å². The molecule has 0 aliphatic carbocycles. The first-order chi connectivity index (χ1) is 15.0. The summed E-state index contributed by atoms with van der Waals surface area (Å²) in [6.07, 6.45) is 3.92. The van der Waals surface area contributed by atoms with Gasteiger partial charge in [0.05, 0.1) is 24.3 Å². The standard InChI is InChI=1S/C21H15F2N7O/c22-15-5-14(6-16(23)7-15)18-11-28-21(30-24)20(29-18)25-8-12-2-1-3-13(4-12)19-26-9-17(31)10-27-19/h1-7,9-11,24,31H,8H2,(H,25,29). The van der Waals surface area contributed by atoms with Crippen molar-refractivity contribution >= 4 is 11.6 Å². The average Bonchev–Trinajstić information content (AvgIpc) is 2.77. The number of halogens is 2. The van der Waals surface area contributed by atoms with Gasteiger partial charge in [0.15, 0.2) is 17.4 Å². The number of rotatable bonds is 6. The Morgan fingerprint density at radius 3 is 2.39 bits per heavy atom. The number of aromatic hydroxyl groups is 1. The summed E-state index contributed by atoms with van der Waals surface area (Å²) in [5.74, 6) is -0.786. The summed E-state index contributed by atoms with van der Waals surface area (Å²) in [6.45, 7) is 0.310. The monoisotopic (exact) mass is 419 g/mol. The summed E-state index contributed by atoms with van der Waals surface area (Å²) in [5, 5.41) is 15.7. The summed E-state index contributed by atoms with van der Waals surface area (Å²) in [5.41, 5.74) is 9.36. The lowest BCUT2D eigenvalue weighted by Crippen LogP contribution is -2.04. The molecule has 4 aromatic rings. The maximum Gasteiger partial charge on any atom is 0.216 e. The SMILES string of the molecule is N=Nc1ncc(-c2cc(F)cc(F)c2)nc1NCc1cccc(-c2ncc(O)cn2)c1. The first-order valence-corrected chi connectivity index (χ1v) is 9.07. The molecule has 0 fully saturated rings.